The Bertz CT molecular complexity index is 575. The molecule has 0 aliphatic heterocycles. The molecule has 5 nitrogen and oxygen atoms in total. The van der Waals surface area contributed by atoms with E-state index >= 15 is 0 Å². The van der Waals surface area contributed by atoms with E-state index < -0.39 is 5.97 Å². The third-order valence-electron chi connectivity index (χ3n) is 2.78. The Balaban J connectivity index is 2.61. The summed E-state index contributed by atoms with van der Waals surface area (Å²) in [6.45, 7) is 4.03. The Morgan fingerprint density at radius 2 is 2.17 bits per heavy atom. The van der Waals surface area contributed by atoms with Crippen LogP contribution in [0.1, 0.15) is 35.6 Å². The summed E-state index contributed by atoms with van der Waals surface area (Å²) in [5.74, 6) is -0.616. The highest BCUT2D eigenvalue weighted by molar-refractivity contribution is 5.91. The van der Waals surface area contributed by atoms with Gasteiger partial charge in [-0.05, 0) is 31.0 Å². The molecule has 18 heavy (non-hydrogen) atoms. The first-order chi connectivity index (χ1) is 8.67. The first-order valence-electron chi connectivity index (χ1n) is 5.93. The molecule has 2 aromatic rings. The van der Waals surface area contributed by atoms with Crippen LogP contribution in [-0.2, 0) is 12.8 Å². The van der Waals surface area contributed by atoms with E-state index in [1.165, 1.54) is 6.07 Å². The standard InChI is InChI=1S/C13H15N3O2/c1-3-9-8-10(4-2)16(15-9)12-11(13(17)18)6-5-7-14-12/h5-8H,3-4H2,1-2H3,(H,17,18). The van der Waals surface area contributed by atoms with Crippen molar-refractivity contribution in [3.63, 3.8) is 0 Å². The molecule has 0 saturated heterocycles. The van der Waals surface area contributed by atoms with Crippen LogP contribution in [0.25, 0.3) is 5.82 Å². The SMILES string of the molecule is CCc1cc(CC)n(-c2ncccc2C(=O)O)n1. The van der Waals surface area contributed by atoms with Crippen LogP contribution in [0.2, 0.25) is 0 Å². The quantitative estimate of drug-likeness (QED) is 0.895. The zero-order valence-electron chi connectivity index (χ0n) is 10.4. The number of nitrogens with zero attached hydrogens (tertiary/aromatic N) is 3. The minimum Gasteiger partial charge on any atom is -0.478 e. The Labute approximate surface area is 105 Å². The smallest absolute Gasteiger partial charge is 0.339 e. The van der Waals surface area contributed by atoms with Crippen molar-refractivity contribution in [3.8, 4) is 5.82 Å². The molecule has 0 radical (unpaired) electrons. The highest BCUT2D eigenvalue weighted by Gasteiger charge is 2.16. The van der Waals surface area contributed by atoms with Crippen LogP contribution in [0.15, 0.2) is 24.4 Å². The van der Waals surface area contributed by atoms with Crippen LogP contribution in [0, 0.1) is 0 Å². The molecular weight excluding hydrogens is 230 g/mol. The summed E-state index contributed by atoms with van der Waals surface area (Å²) < 4.78 is 1.63. The summed E-state index contributed by atoms with van der Waals surface area (Å²) in [7, 11) is 0. The lowest BCUT2D eigenvalue weighted by atomic mass is 10.2. The average Bonchev–Trinajstić information content (AvgIpc) is 2.81. The van der Waals surface area contributed by atoms with Gasteiger partial charge in [-0.1, -0.05) is 13.8 Å². The Morgan fingerprint density at radius 1 is 1.39 bits per heavy atom. The largest absolute Gasteiger partial charge is 0.478 e. The molecule has 94 valence electrons. The van der Waals surface area contributed by atoms with Gasteiger partial charge in [0, 0.05) is 11.9 Å². The van der Waals surface area contributed by atoms with Gasteiger partial charge < -0.3 is 5.11 Å². The molecule has 0 spiro atoms. The van der Waals surface area contributed by atoms with Crippen molar-refractivity contribution in [2.75, 3.05) is 0 Å². The number of carbonyl (C=O) groups is 1. The second-order valence-corrected chi connectivity index (χ2v) is 3.93. The first kappa shape index (κ1) is 12.3. The number of aromatic nitrogens is 3. The second kappa shape index (κ2) is 5.00. The van der Waals surface area contributed by atoms with Crippen molar-refractivity contribution in [1.82, 2.24) is 14.8 Å². The van der Waals surface area contributed by atoms with Gasteiger partial charge in [-0.25, -0.2) is 14.5 Å². The third-order valence-corrected chi connectivity index (χ3v) is 2.78. The van der Waals surface area contributed by atoms with E-state index in [1.54, 1.807) is 16.9 Å². The molecule has 5 heteroatoms. The van der Waals surface area contributed by atoms with Crippen LogP contribution in [-0.4, -0.2) is 25.8 Å². The minimum atomic E-state index is -0.992. The fraction of sp³-hybridized carbons (Fsp3) is 0.308. The summed E-state index contributed by atoms with van der Waals surface area (Å²) in [4.78, 5) is 15.3. The Morgan fingerprint density at radius 3 is 2.78 bits per heavy atom. The van der Waals surface area contributed by atoms with E-state index in [0.29, 0.717) is 5.82 Å². The monoisotopic (exact) mass is 245 g/mol. The summed E-state index contributed by atoms with van der Waals surface area (Å²) in [6.07, 6.45) is 3.17. The normalized spacial score (nSPS) is 10.6. The number of carboxylic acid groups (broad SMARTS) is 1. The van der Waals surface area contributed by atoms with Gasteiger partial charge in [-0.15, -0.1) is 0 Å². The lowest BCUT2D eigenvalue weighted by molar-refractivity contribution is 0.0696. The number of pyridine rings is 1. The van der Waals surface area contributed by atoms with Crippen LogP contribution in [0.3, 0.4) is 0 Å². The molecule has 0 unspecified atom stereocenters. The van der Waals surface area contributed by atoms with Crippen molar-refractivity contribution in [3.05, 3.63) is 41.3 Å². The maximum absolute atomic E-state index is 11.2. The zero-order valence-corrected chi connectivity index (χ0v) is 10.4. The molecule has 0 bridgehead atoms. The first-order valence-corrected chi connectivity index (χ1v) is 5.93. The van der Waals surface area contributed by atoms with Gasteiger partial charge >= 0.3 is 5.97 Å². The van der Waals surface area contributed by atoms with E-state index in [-0.39, 0.29) is 5.56 Å². The number of aromatic carboxylic acids is 1. The number of carboxylic acids is 1. The molecule has 2 rings (SSSR count). The van der Waals surface area contributed by atoms with Crippen LogP contribution in [0.5, 0.6) is 0 Å². The molecule has 2 aromatic heterocycles. The van der Waals surface area contributed by atoms with Gasteiger partial charge in [0.05, 0.1) is 5.69 Å². The molecule has 0 atom stereocenters. The van der Waals surface area contributed by atoms with Gasteiger partial charge in [-0.3, -0.25) is 0 Å². The highest BCUT2D eigenvalue weighted by Crippen LogP contribution is 2.16. The fourth-order valence-electron chi connectivity index (χ4n) is 1.82. The molecule has 1 N–H and O–H groups in total. The molecule has 0 amide bonds. The van der Waals surface area contributed by atoms with Crippen LogP contribution < -0.4 is 0 Å². The van der Waals surface area contributed by atoms with E-state index in [9.17, 15) is 9.90 Å². The lowest BCUT2D eigenvalue weighted by Gasteiger charge is -2.07. The van der Waals surface area contributed by atoms with Gasteiger partial charge in [0.15, 0.2) is 5.82 Å². The van der Waals surface area contributed by atoms with Crippen molar-refractivity contribution in [1.29, 1.82) is 0 Å². The molecule has 0 aliphatic carbocycles. The molecule has 0 aromatic carbocycles. The molecular formula is C13H15N3O2. The van der Waals surface area contributed by atoms with Crippen molar-refractivity contribution in [2.24, 2.45) is 0 Å². The molecule has 0 fully saturated rings. The molecule has 0 saturated carbocycles. The maximum Gasteiger partial charge on any atom is 0.339 e. The summed E-state index contributed by atoms with van der Waals surface area (Å²) in [6, 6.07) is 5.14. The Hall–Kier alpha value is -2.17. The average molecular weight is 245 g/mol. The van der Waals surface area contributed by atoms with E-state index in [2.05, 4.69) is 10.1 Å². The van der Waals surface area contributed by atoms with Crippen molar-refractivity contribution >= 4 is 5.97 Å². The van der Waals surface area contributed by atoms with Crippen molar-refractivity contribution in [2.45, 2.75) is 26.7 Å². The van der Waals surface area contributed by atoms with Gasteiger partial charge in [0.25, 0.3) is 0 Å². The number of hydrogen-bond acceptors (Lipinski definition) is 3. The second-order valence-electron chi connectivity index (χ2n) is 3.93. The van der Waals surface area contributed by atoms with Gasteiger partial charge in [0.1, 0.15) is 5.56 Å². The fourth-order valence-corrected chi connectivity index (χ4v) is 1.82. The number of hydrogen-bond donors (Lipinski definition) is 1. The maximum atomic E-state index is 11.2. The van der Waals surface area contributed by atoms with Crippen LogP contribution >= 0.6 is 0 Å². The lowest BCUT2D eigenvalue weighted by Crippen LogP contribution is -2.11. The summed E-state index contributed by atoms with van der Waals surface area (Å²) >= 11 is 0. The topological polar surface area (TPSA) is 68.0 Å². The molecule has 2 heterocycles. The van der Waals surface area contributed by atoms with Crippen LogP contribution in [0.4, 0.5) is 0 Å². The third kappa shape index (κ3) is 2.11. The Kier molecular flexibility index (Phi) is 3.41. The highest BCUT2D eigenvalue weighted by atomic mass is 16.4. The minimum absolute atomic E-state index is 0.165. The number of aryl methyl sites for hydroxylation is 2. The van der Waals surface area contributed by atoms with Gasteiger partial charge in [-0.2, -0.15) is 5.10 Å². The zero-order chi connectivity index (χ0) is 13.1. The number of rotatable bonds is 4. The van der Waals surface area contributed by atoms with E-state index in [1.807, 2.05) is 19.9 Å². The molecule has 0 aliphatic rings. The summed E-state index contributed by atoms with van der Waals surface area (Å²) in [5, 5.41) is 13.6. The van der Waals surface area contributed by atoms with Crippen molar-refractivity contribution < 1.29 is 9.90 Å². The predicted octanol–water partition coefficient (Wildman–Crippen LogP) is 2.09. The summed E-state index contributed by atoms with van der Waals surface area (Å²) in [5.41, 5.74) is 2.07. The predicted molar refractivity (Wildman–Crippen MR) is 67.1 cm³/mol. The van der Waals surface area contributed by atoms with Gasteiger partial charge in [0.2, 0.25) is 0 Å². The van der Waals surface area contributed by atoms with E-state index in [0.717, 1.165) is 24.2 Å². The van der Waals surface area contributed by atoms with E-state index in [4.69, 9.17) is 0 Å².